The molecule has 0 saturated carbocycles. The minimum Gasteiger partial charge on any atom is -0.439 e. The fourth-order valence-electron chi connectivity index (χ4n) is 2.32. The van der Waals surface area contributed by atoms with Crippen LogP contribution in [0.25, 0.3) is 0 Å². The molecule has 0 atom stereocenters. The van der Waals surface area contributed by atoms with Gasteiger partial charge < -0.3 is 10.5 Å². The van der Waals surface area contributed by atoms with Crippen LogP contribution in [0.5, 0.6) is 11.6 Å². The van der Waals surface area contributed by atoms with Crippen LogP contribution < -0.4 is 14.8 Å². The molecule has 2 aromatic carbocycles. The van der Waals surface area contributed by atoms with E-state index in [1.165, 1.54) is 17.4 Å². The van der Waals surface area contributed by atoms with Crippen LogP contribution in [0.15, 0.2) is 59.5 Å². The number of nitrogen functional groups attached to an aromatic ring is 1. The number of hydrogen-bond acceptors (Lipinski definition) is 6. The number of nitrogens with zero attached hydrogens (tertiary/aromatic N) is 3. The van der Waals surface area contributed by atoms with Crippen LogP contribution in [0.1, 0.15) is 5.56 Å². The van der Waals surface area contributed by atoms with E-state index in [1.807, 2.05) is 6.92 Å². The molecule has 1 heterocycles. The van der Waals surface area contributed by atoms with Gasteiger partial charge in [-0.2, -0.15) is 4.98 Å². The van der Waals surface area contributed by atoms with Gasteiger partial charge in [-0.05, 0) is 43.3 Å². The predicted molar refractivity (Wildman–Crippen MR) is 105 cm³/mol. The highest BCUT2D eigenvalue weighted by atomic mass is 35.5. The standard InChI is InChI=1S/C18H17ClN4O3S/c1-12-3-9-15(10-4-12)27(24,25)23(2)13-5-7-14(8-6-13)26-17-11-16(19)21-18(20)22-17/h3-11H,1-2H3,(H2,20,21,22). The molecule has 0 amide bonds. The normalized spacial score (nSPS) is 11.2. The molecule has 0 bridgehead atoms. The van der Waals surface area contributed by atoms with Gasteiger partial charge in [-0.15, -0.1) is 0 Å². The third kappa shape index (κ3) is 4.29. The Kier molecular flexibility index (Phi) is 5.20. The van der Waals surface area contributed by atoms with Crippen molar-refractivity contribution in [3.63, 3.8) is 0 Å². The van der Waals surface area contributed by atoms with E-state index in [0.717, 1.165) is 5.56 Å². The van der Waals surface area contributed by atoms with Gasteiger partial charge in [0.1, 0.15) is 10.9 Å². The average molecular weight is 405 g/mol. The third-order valence-electron chi connectivity index (χ3n) is 3.79. The number of benzene rings is 2. The first-order valence-corrected chi connectivity index (χ1v) is 9.71. The second kappa shape index (κ2) is 7.42. The lowest BCUT2D eigenvalue weighted by atomic mass is 10.2. The molecule has 0 radical (unpaired) electrons. The predicted octanol–water partition coefficient (Wildman–Crippen LogP) is 3.64. The van der Waals surface area contributed by atoms with Crippen molar-refractivity contribution in [1.29, 1.82) is 0 Å². The van der Waals surface area contributed by atoms with E-state index in [1.54, 1.807) is 48.5 Å². The van der Waals surface area contributed by atoms with Crippen molar-refractivity contribution in [2.75, 3.05) is 17.1 Å². The lowest BCUT2D eigenvalue weighted by Gasteiger charge is -2.20. The Morgan fingerprint density at radius 3 is 2.26 bits per heavy atom. The Labute approximate surface area is 162 Å². The summed E-state index contributed by atoms with van der Waals surface area (Å²) in [5, 5.41) is 0.165. The Balaban J connectivity index is 1.81. The van der Waals surface area contributed by atoms with Crippen molar-refractivity contribution in [3.05, 3.63) is 65.3 Å². The molecule has 7 nitrogen and oxygen atoms in total. The molecule has 1 aromatic heterocycles. The van der Waals surface area contributed by atoms with E-state index in [9.17, 15) is 8.42 Å². The van der Waals surface area contributed by atoms with Crippen molar-refractivity contribution in [2.24, 2.45) is 0 Å². The number of anilines is 2. The molecule has 0 fully saturated rings. The second-order valence-electron chi connectivity index (χ2n) is 5.77. The molecule has 2 N–H and O–H groups in total. The first kappa shape index (κ1) is 18.9. The maximum Gasteiger partial charge on any atom is 0.264 e. The summed E-state index contributed by atoms with van der Waals surface area (Å²) in [5.74, 6) is 0.646. The lowest BCUT2D eigenvalue weighted by molar-refractivity contribution is 0.462. The topological polar surface area (TPSA) is 98.4 Å². The number of rotatable bonds is 5. The number of aromatic nitrogens is 2. The molecular weight excluding hydrogens is 388 g/mol. The highest BCUT2D eigenvalue weighted by molar-refractivity contribution is 7.92. The number of nitrogens with two attached hydrogens (primary N) is 1. The summed E-state index contributed by atoms with van der Waals surface area (Å²) >= 11 is 5.82. The van der Waals surface area contributed by atoms with Gasteiger partial charge in [-0.25, -0.2) is 13.4 Å². The summed E-state index contributed by atoms with van der Waals surface area (Å²) in [5.41, 5.74) is 7.01. The Hall–Kier alpha value is -2.84. The molecule has 0 aliphatic carbocycles. The fraction of sp³-hybridized carbons (Fsp3) is 0.111. The molecule has 0 unspecified atom stereocenters. The summed E-state index contributed by atoms with van der Waals surface area (Å²) in [6.07, 6.45) is 0. The molecule has 0 aliphatic rings. The maximum atomic E-state index is 12.7. The van der Waals surface area contributed by atoms with Gasteiger partial charge in [0.05, 0.1) is 10.6 Å². The summed E-state index contributed by atoms with van der Waals surface area (Å²) < 4.78 is 32.3. The summed E-state index contributed by atoms with van der Waals surface area (Å²) in [6.45, 7) is 1.90. The smallest absolute Gasteiger partial charge is 0.264 e. The minimum atomic E-state index is -3.65. The number of hydrogen-bond donors (Lipinski definition) is 1. The van der Waals surface area contributed by atoms with Crippen LogP contribution in [0.2, 0.25) is 5.15 Å². The Morgan fingerprint density at radius 2 is 1.67 bits per heavy atom. The maximum absolute atomic E-state index is 12.7. The van der Waals surface area contributed by atoms with Crippen molar-refractivity contribution in [1.82, 2.24) is 9.97 Å². The lowest BCUT2D eigenvalue weighted by Crippen LogP contribution is -2.26. The quantitative estimate of drug-likeness (QED) is 0.652. The Morgan fingerprint density at radius 1 is 1.04 bits per heavy atom. The van der Waals surface area contributed by atoms with E-state index >= 15 is 0 Å². The van der Waals surface area contributed by atoms with Gasteiger partial charge >= 0.3 is 0 Å². The first-order chi connectivity index (χ1) is 12.8. The van der Waals surface area contributed by atoms with Gasteiger partial charge in [-0.3, -0.25) is 4.31 Å². The monoisotopic (exact) mass is 404 g/mol. The third-order valence-corrected chi connectivity index (χ3v) is 5.78. The van der Waals surface area contributed by atoms with Crippen LogP contribution in [0.4, 0.5) is 11.6 Å². The number of sulfonamides is 1. The van der Waals surface area contributed by atoms with E-state index in [0.29, 0.717) is 11.4 Å². The van der Waals surface area contributed by atoms with E-state index in [-0.39, 0.29) is 21.9 Å². The highest BCUT2D eigenvalue weighted by Gasteiger charge is 2.21. The van der Waals surface area contributed by atoms with Crippen LogP contribution >= 0.6 is 11.6 Å². The molecule has 27 heavy (non-hydrogen) atoms. The van der Waals surface area contributed by atoms with Gasteiger partial charge in [0.25, 0.3) is 10.0 Å². The fourth-order valence-corrected chi connectivity index (χ4v) is 3.69. The van der Waals surface area contributed by atoms with Crippen LogP contribution in [0.3, 0.4) is 0 Å². The molecule has 0 spiro atoms. The van der Waals surface area contributed by atoms with Crippen molar-refractivity contribution in [2.45, 2.75) is 11.8 Å². The van der Waals surface area contributed by atoms with Gasteiger partial charge in [0.15, 0.2) is 0 Å². The van der Waals surface area contributed by atoms with Crippen molar-refractivity contribution >= 4 is 33.3 Å². The molecular formula is C18H17ClN4O3S. The van der Waals surface area contributed by atoms with Crippen molar-refractivity contribution < 1.29 is 13.2 Å². The minimum absolute atomic E-state index is 0.00181. The van der Waals surface area contributed by atoms with Gasteiger partial charge in [-0.1, -0.05) is 29.3 Å². The zero-order valence-electron chi connectivity index (χ0n) is 14.6. The number of ether oxygens (including phenoxy) is 1. The van der Waals surface area contributed by atoms with Crippen LogP contribution in [-0.2, 0) is 10.0 Å². The largest absolute Gasteiger partial charge is 0.439 e. The highest BCUT2D eigenvalue weighted by Crippen LogP contribution is 2.27. The summed E-state index contributed by atoms with van der Waals surface area (Å²) in [7, 11) is -2.16. The van der Waals surface area contributed by atoms with Gasteiger partial charge in [0, 0.05) is 13.1 Å². The Bertz CT molecular complexity index is 1030. The number of halogens is 1. The van der Waals surface area contributed by atoms with Crippen LogP contribution in [0, 0.1) is 6.92 Å². The molecule has 0 saturated heterocycles. The number of aryl methyl sites for hydroxylation is 1. The van der Waals surface area contributed by atoms with Crippen molar-refractivity contribution in [3.8, 4) is 11.6 Å². The molecule has 3 aromatic rings. The van der Waals surface area contributed by atoms with E-state index in [4.69, 9.17) is 22.1 Å². The molecule has 9 heteroatoms. The summed E-state index contributed by atoms with van der Waals surface area (Å²) in [6, 6.07) is 14.6. The zero-order valence-corrected chi connectivity index (χ0v) is 16.2. The van der Waals surface area contributed by atoms with Crippen LogP contribution in [-0.4, -0.2) is 25.4 Å². The second-order valence-corrected chi connectivity index (χ2v) is 8.13. The molecule has 0 aliphatic heterocycles. The average Bonchev–Trinajstić information content (AvgIpc) is 2.61. The zero-order chi connectivity index (χ0) is 19.6. The SMILES string of the molecule is Cc1ccc(S(=O)(=O)N(C)c2ccc(Oc3cc(Cl)nc(N)n3)cc2)cc1. The van der Waals surface area contributed by atoms with E-state index in [2.05, 4.69) is 9.97 Å². The summed E-state index contributed by atoms with van der Waals surface area (Å²) in [4.78, 5) is 7.90. The first-order valence-electron chi connectivity index (χ1n) is 7.89. The van der Waals surface area contributed by atoms with Gasteiger partial charge in [0.2, 0.25) is 11.8 Å². The van der Waals surface area contributed by atoms with E-state index < -0.39 is 10.0 Å². The molecule has 140 valence electrons. The molecule has 3 rings (SSSR count).